The summed E-state index contributed by atoms with van der Waals surface area (Å²) in [5, 5.41) is 0. The zero-order valence-electron chi connectivity index (χ0n) is 13.9. The molecule has 0 radical (unpaired) electrons. The minimum absolute atomic E-state index is 0.812. The van der Waals surface area contributed by atoms with E-state index in [0.717, 1.165) is 23.5 Å². The van der Waals surface area contributed by atoms with Gasteiger partial charge in [-0.05, 0) is 24.6 Å². The third kappa shape index (κ3) is 7.63. The largest absolute Gasteiger partial charge is 0.457 e. The summed E-state index contributed by atoms with van der Waals surface area (Å²) < 4.78 is 5.56. The Labute approximate surface area is 125 Å². The lowest BCUT2D eigenvalue weighted by atomic mass is 10.2. The Hall–Kier alpha value is -1.76. The van der Waals surface area contributed by atoms with Gasteiger partial charge >= 0.3 is 0 Å². The number of rotatable bonds is 2. The van der Waals surface area contributed by atoms with Crippen LogP contribution in [0.15, 0.2) is 53.5 Å². The molecule has 20 heavy (non-hydrogen) atoms. The van der Waals surface area contributed by atoms with E-state index in [4.69, 9.17) is 4.42 Å². The molecule has 0 amide bonds. The normalized spacial score (nSPS) is 11.4. The maximum absolute atomic E-state index is 5.56. The Kier molecular flexibility index (Phi) is 15.7. The molecule has 1 aliphatic rings. The quantitative estimate of drug-likeness (QED) is 0.571. The smallest absolute Gasteiger partial charge is 0.134 e. The van der Waals surface area contributed by atoms with E-state index in [1.165, 1.54) is 0 Å². The van der Waals surface area contributed by atoms with Gasteiger partial charge in [-0.1, -0.05) is 78.5 Å². The summed E-state index contributed by atoms with van der Waals surface area (Å²) in [6.45, 7) is 15.7. The van der Waals surface area contributed by atoms with Crippen LogP contribution in [0.4, 0.5) is 0 Å². The van der Waals surface area contributed by atoms with Crippen LogP contribution in [0.5, 0.6) is 0 Å². The Morgan fingerprint density at radius 1 is 1.00 bits per heavy atom. The minimum Gasteiger partial charge on any atom is -0.457 e. The molecule has 1 aliphatic carbocycles. The van der Waals surface area contributed by atoms with Crippen molar-refractivity contribution >= 4 is 11.6 Å². The van der Waals surface area contributed by atoms with Crippen molar-refractivity contribution in [3.63, 3.8) is 0 Å². The molecule has 0 aromatic carbocycles. The number of hydrogen-bond donors (Lipinski definition) is 0. The lowest BCUT2D eigenvalue weighted by molar-refractivity contribution is 0.544. The van der Waals surface area contributed by atoms with Gasteiger partial charge in [0.1, 0.15) is 11.5 Å². The molecule has 0 unspecified atom stereocenters. The SMILES string of the molecule is C=Cc1ccc(C2=CCC=CC=C2)o1.CC.CC.CC. The number of furan rings is 1. The molecule has 0 spiro atoms. The molecule has 1 heterocycles. The lowest BCUT2D eigenvalue weighted by Crippen LogP contribution is -1.74. The van der Waals surface area contributed by atoms with Crippen LogP contribution in [0.25, 0.3) is 11.6 Å². The molecule has 1 heteroatoms. The molecule has 1 nitrogen and oxygen atoms in total. The Balaban J connectivity index is 0. The van der Waals surface area contributed by atoms with Crippen molar-refractivity contribution < 1.29 is 4.42 Å². The van der Waals surface area contributed by atoms with E-state index in [0.29, 0.717) is 0 Å². The average Bonchev–Trinajstić information content (AvgIpc) is 2.87. The van der Waals surface area contributed by atoms with Crippen molar-refractivity contribution in [2.75, 3.05) is 0 Å². The van der Waals surface area contributed by atoms with Gasteiger partial charge in [-0.15, -0.1) is 0 Å². The minimum atomic E-state index is 0.812. The topological polar surface area (TPSA) is 13.1 Å². The molecular weight excluding hydrogens is 244 g/mol. The second kappa shape index (κ2) is 15.3. The summed E-state index contributed by atoms with van der Waals surface area (Å²) in [7, 11) is 0. The highest BCUT2D eigenvalue weighted by atomic mass is 16.3. The van der Waals surface area contributed by atoms with E-state index < -0.39 is 0 Å². The first kappa shape index (κ1) is 20.6. The molecule has 0 saturated heterocycles. The van der Waals surface area contributed by atoms with Crippen LogP contribution in [0.2, 0.25) is 0 Å². The molecule has 112 valence electrons. The predicted octanol–water partition coefficient (Wildman–Crippen LogP) is 6.90. The van der Waals surface area contributed by atoms with Crippen molar-refractivity contribution in [2.24, 2.45) is 0 Å². The zero-order valence-corrected chi connectivity index (χ0v) is 13.9. The Morgan fingerprint density at radius 3 is 2.20 bits per heavy atom. The zero-order chi connectivity index (χ0) is 15.8. The van der Waals surface area contributed by atoms with Crippen LogP contribution in [-0.4, -0.2) is 0 Å². The van der Waals surface area contributed by atoms with Gasteiger partial charge in [-0.2, -0.15) is 0 Å². The van der Waals surface area contributed by atoms with Crippen molar-refractivity contribution in [1.29, 1.82) is 0 Å². The monoisotopic (exact) mass is 274 g/mol. The second-order valence-electron chi connectivity index (χ2n) is 3.09. The highest BCUT2D eigenvalue weighted by molar-refractivity contribution is 5.72. The van der Waals surface area contributed by atoms with Crippen LogP contribution in [0, 0.1) is 0 Å². The van der Waals surface area contributed by atoms with Crippen LogP contribution in [0.3, 0.4) is 0 Å². The van der Waals surface area contributed by atoms with E-state index in [1.807, 2.05) is 65.8 Å². The number of hydrogen-bond acceptors (Lipinski definition) is 1. The third-order valence-electron chi connectivity index (χ3n) is 2.11. The van der Waals surface area contributed by atoms with E-state index >= 15 is 0 Å². The van der Waals surface area contributed by atoms with Crippen LogP contribution in [-0.2, 0) is 0 Å². The van der Waals surface area contributed by atoms with E-state index in [1.54, 1.807) is 6.08 Å². The van der Waals surface area contributed by atoms with E-state index in [2.05, 4.69) is 24.8 Å². The summed E-state index contributed by atoms with van der Waals surface area (Å²) >= 11 is 0. The van der Waals surface area contributed by atoms with Gasteiger partial charge in [0, 0.05) is 5.57 Å². The summed E-state index contributed by atoms with van der Waals surface area (Å²) in [6, 6.07) is 3.90. The molecule has 0 atom stereocenters. The second-order valence-corrected chi connectivity index (χ2v) is 3.09. The number of allylic oxidation sites excluding steroid dienone is 6. The molecule has 2 rings (SSSR count). The highest BCUT2D eigenvalue weighted by Gasteiger charge is 2.03. The fourth-order valence-corrected chi connectivity index (χ4v) is 1.38. The van der Waals surface area contributed by atoms with Crippen molar-refractivity contribution in [3.8, 4) is 0 Å². The fourth-order valence-electron chi connectivity index (χ4n) is 1.38. The predicted molar refractivity (Wildman–Crippen MR) is 93.7 cm³/mol. The summed E-state index contributed by atoms with van der Waals surface area (Å²) in [4.78, 5) is 0. The van der Waals surface area contributed by atoms with Crippen molar-refractivity contribution in [1.82, 2.24) is 0 Å². The molecule has 0 aliphatic heterocycles. The first-order valence-corrected chi connectivity index (χ1v) is 7.66. The molecule has 0 bridgehead atoms. The van der Waals surface area contributed by atoms with Crippen molar-refractivity contribution in [2.45, 2.75) is 48.0 Å². The molecule has 0 saturated carbocycles. The first-order valence-electron chi connectivity index (χ1n) is 7.66. The Bertz CT molecular complexity index is 417. The van der Waals surface area contributed by atoms with E-state index in [9.17, 15) is 0 Å². The maximum atomic E-state index is 5.56. The lowest BCUT2D eigenvalue weighted by Gasteiger charge is -1.95. The van der Waals surface area contributed by atoms with E-state index in [-0.39, 0.29) is 0 Å². The third-order valence-corrected chi connectivity index (χ3v) is 2.11. The summed E-state index contributed by atoms with van der Waals surface area (Å²) in [5.74, 6) is 1.71. The standard InChI is InChI=1S/C13H12O.3C2H6/c1-2-12-9-10-13(14-12)11-7-5-3-4-6-8-11;3*1-2/h2-5,7-10H,1,6H2;3*1-2H3. The average molecular weight is 274 g/mol. The van der Waals surface area contributed by atoms with Gasteiger partial charge < -0.3 is 4.42 Å². The maximum Gasteiger partial charge on any atom is 0.134 e. The van der Waals surface area contributed by atoms with Gasteiger partial charge in [0.2, 0.25) is 0 Å². The molecular formula is C19H30O. The molecule has 1 aromatic rings. The fraction of sp³-hybridized carbons (Fsp3) is 0.368. The molecule has 0 fully saturated rings. The van der Waals surface area contributed by atoms with Crippen LogP contribution >= 0.6 is 0 Å². The summed E-state index contributed by atoms with van der Waals surface area (Å²) in [5.41, 5.74) is 1.13. The molecule has 1 aromatic heterocycles. The van der Waals surface area contributed by atoms with Gasteiger partial charge in [0.15, 0.2) is 0 Å². The first-order chi connectivity index (χ1) is 9.90. The van der Waals surface area contributed by atoms with Gasteiger partial charge in [-0.25, -0.2) is 0 Å². The highest BCUT2D eigenvalue weighted by Crippen LogP contribution is 2.21. The Morgan fingerprint density at radius 2 is 1.65 bits per heavy atom. The van der Waals surface area contributed by atoms with Crippen LogP contribution in [0.1, 0.15) is 59.5 Å². The van der Waals surface area contributed by atoms with Gasteiger partial charge in [-0.3, -0.25) is 0 Å². The van der Waals surface area contributed by atoms with Gasteiger partial charge in [0.25, 0.3) is 0 Å². The van der Waals surface area contributed by atoms with Crippen molar-refractivity contribution in [3.05, 3.63) is 60.6 Å². The summed E-state index contributed by atoms with van der Waals surface area (Å²) in [6.07, 6.45) is 13.0. The molecule has 0 N–H and O–H groups in total. The van der Waals surface area contributed by atoms with Crippen LogP contribution < -0.4 is 0 Å². The van der Waals surface area contributed by atoms with Gasteiger partial charge in [0.05, 0.1) is 0 Å².